The molecule has 0 bridgehead atoms. The van der Waals surface area contributed by atoms with Gasteiger partial charge in [-0.2, -0.15) is 0 Å². The molecule has 1 aliphatic heterocycles. The lowest BCUT2D eigenvalue weighted by Crippen LogP contribution is -2.42. The smallest absolute Gasteiger partial charge is 0.303 e. The number of rotatable bonds is 11. The van der Waals surface area contributed by atoms with Gasteiger partial charge in [0.05, 0.1) is 23.8 Å². The molecule has 1 aromatic carbocycles. The van der Waals surface area contributed by atoms with E-state index in [1.54, 1.807) is 37.6 Å². The number of likely N-dealkylation sites (tertiary alicyclic amines) is 1. The van der Waals surface area contributed by atoms with Crippen LogP contribution in [0.4, 0.5) is 0 Å². The molecule has 1 fully saturated rings. The SMILES string of the molecule is COc1ccc2nccc(C(O)CC[C@@H]3CCN(CCSc4ccncn4)C[C@@H]3CC(=O)O)c2c1. The molecule has 1 unspecified atom stereocenters. The highest BCUT2D eigenvalue weighted by atomic mass is 32.2. The Morgan fingerprint density at radius 2 is 2.11 bits per heavy atom. The predicted molar refractivity (Wildman–Crippen MR) is 136 cm³/mol. The lowest BCUT2D eigenvalue weighted by molar-refractivity contribution is -0.139. The number of aliphatic carboxylic acids is 1. The van der Waals surface area contributed by atoms with Gasteiger partial charge in [-0.25, -0.2) is 9.97 Å². The van der Waals surface area contributed by atoms with Crippen molar-refractivity contribution >= 4 is 28.6 Å². The van der Waals surface area contributed by atoms with Crippen LogP contribution < -0.4 is 4.74 Å². The zero-order valence-corrected chi connectivity index (χ0v) is 20.7. The fourth-order valence-corrected chi connectivity index (χ4v) is 5.77. The molecule has 9 heteroatoms. The summed E-state index contributed by atoms with van der Waals surface area (Å²) in [5, 5.41) is 22.4. The number of aromatic nitrogens is 3. The van der Waals surface area contributed by atoms with Crippen molar-refractivity contribution in [1.82, 2.24) is 19.9 Å². The van der Waals surface area contributed by atoms with Crippen LogP contribution in [0.3, 0.4) is 0 Å². The first-order valence-corrected chi connectivity index (χ1v) is 13.0. The number of aliphatic hydroxyl groups is 1. The van der Waals surface area contributed by atoms with Crippen LogP contribution in [0.25, 0.3) is 10.9 Å². The normalized spacial score (nSPS) is 19.5. The Hall–Kier alpha value is -2.75. The summed E-state index contributed by atoms with van der Waals surface area (Å²) in [4.78, 5) is 26.5. The third-order valence-electron chi connectivity index (χ3n) is 6.78. The number of pyridine rings is 1. The quantitative estimate of drug-likeness (QED) is 0.300. The summed E-state index contributed by atoms with van der Waals surface area (Å²) in [7, 11) is 1.62. The van der Waals surface area contributed by atoms with E-state index in [1.165, 1.54) is 0 Å². The number of fused-ring (bicyclic) bond motifs is 1. The monoisotopic (exact) mass is 496 g/mol. The van der Waals surface area contributed by atoms with E-state index >= 15 is 0 Å². The van der Waals surface area contributed by atoms with Crippen molar-refractivity contribution in [3.05, 3.63) is 54.6 Å². The third-order valence-corrected chi connectivity index (χ3v) is 7.70. The summed E-state index contributed by atoms with van der Waals surface area (Å²) in [6.45, 7) is 2.61. The van der Waals surface area contributed by atoms with E-state index in [0.29, 0.717) is 6.42 Å². The Morgan fingerprint density at radius 3 is 2.89 bits per heavy atom. The Morgan fingerprint density at radius 1 is 1.23 bits per heavy atom. The number of nitrogens with zero attached hydrogens (tertiary/aromatic N) is 4. The average molecular weight is 497 g/mol. The van der Waals surface area contributed by atoms with Crippen LogP contribution in [-0.4, -0.2) is 68.5 Å². The number of carbonyl (C=O) groups is 1. The highest BCUT2D eigenvalue weighted by molar-refractivity contribution is 7.99. The van der Waals surface area contributed by atoms with E-state index < -0.39 is 12.1 Å². The Kier molecular flexibility index (Phi) is 8.90. The lowest BCUT2D eigenvalue weighted by Gasteiger charge is -2.38. The van der Waals surface area contributed by atoms with Crippen molar-refractivity contribution in [3.63, 3.8) is 0 Å². The van der Waals surface area contributed by atoms with Crippen molar-refractivity contribution in [2.75, 3.05) is 32.5 Å². The molecule has 2 N–H and O–H groups in total. The molecule has 0 saturated carbocycles. The molecule has 2 aromatic heterocycles. The summed E-state index contributed by atoms with van der Waals surface area (Å²) >= 11 is 1.69. The fourth-order valence-electron chi connectivity index (χ4n) is 4.93. The number of hydrogen-bond donors (Lipinski definition) is 2. The first kappa shape index (κ1) is 25.3. The molecule has 0 radical (unpaired) electrons. The van der Waals surface area contributed by atoms with Gasteiger partial charge in [-0.05, 0) is 73.5 Å². The third kappa shape index (κ3) is 6.90. The van der Waals surface area contributed by atoms with Gasteiger partial charge in [-0.3, -0.25) is 9.78 Å². The van der Waals surface area contributed by atoms with Crippen LogP contribution >= 0.6 is 11.8 Å². The van der Waals surface area contributed by atoms with Gasteiger partial charge in [0.15, 0.2) is 0 Å². The maximum atomic E-state index is 11.6. The van der Waals surface area contributed by atoms with E-state index in [-0.39, 0.29) is 18.3 Å². The predicted octanol–water partition coefficient (Wildman–Crippen LogP) is 4.05. The second-order valence-corrected chi connectivity index (χ2v) is 10.1. The van der Waals surface area contributed by atoms with Gasteiger partial charge >= 0.3 is 5.97 Å². The Labute approximate surface area is 209 Å². The van der Waals surface area contributed by atoms with Crippen molar-refractivity contribution in [1.29, 1.82) is 0 Å². The summed E-state index contributed by atoms with van der Waals surface area (Å²) in [5.74, 6) is 1.22. The van der Waals surface area contributed by atoms with Crippen LogP contribution in [0, 0.1) is 11.8 Å². The van der Waals surface area contributed by atoms with Gasteiger partial charge in [0.2, 0.25) is 0 Å². The number of methoxy groups -OCH3 is 1. The number of thioether (sulfide) groups is 1. The number of ether oxygens (including phenoxy) is 1. The minimum atomic E-state index is -0.759. The highest BCUT2D eigenvalue weighted by Gasteiger charge is 2.31. The molecular weight excluding hydrogens is 464 g/mol. The molecule has 3 aromatic rings. The molecule has 1 saturated heterocycles. The summed E-state index contributed by atoms with van der Waals surface area (Å²) in [5.41, 5.74) is 1.65. The van der Waals surface area contributed by atoms with E-state index in [0.717, 1.165) is 65.5 Å². The molecule has 1 aliphatic rings. The van der Waals surface area contributed by atoms with E-state index in [4.69, 9.17) is 4.74 Å². The molecule has 3 heterocycles. The maximum absolute atomic E-state index is 11.6. The topological polar surface area (TPSA) is 109 Å². The largest absolute Gasteiger partial charge is 0.497 e. The summed E-state index contributed by atoms with van der Waals surface area (Å²) < 4.78 is 5.35. The zero-order valence-electron chi connectivity index (χ0n) is 19.9. The first-order valence-electron chi connectivity index (χ1n) is 12.0. The first-order chi connectivity index (χ1) is 17.0. The standard InChI is InChI=1S/C26H32N4O4S/c1-34-20-3-4-23-22(15-20)21(6-10-28-23)24(31)5-2-18-8-11-30(16-19(18)14-26(32)33)12-13-35-25-7-9-27-17-29-25/h3-4,6-7,9-10,15,17-19,24,31H,2,5,8,11-14,16H2,1H3,(H,32,33)/t18-,19+,24?/m1/s1. The average Bonchev–Trinajstić information content (AvgIpc) is 2.87. The number of carboxylic acids is 1. The van der Waals surface area contributed by atoms with Crippen molar-refractivity contribution in [2.45, 2.75) is 36.8 Å². The van der Waals surface area contributed by atoms with Gasteiger partial charge in [0, 0.05) is 43.0 Å². The number of aliphatic hydroxyl groups excluding tert-OH is 1. The van der Waals surface area contributed by atoms with E-state index in [2.05, 4.69) is 19.9 Å². The van der Waals surface area contributed by atoms with E-state index in [1.807, 2.05) is 30.3 Å². The number of hydrogen-bond acceptors (Lipinski definition) is 8. The van der Waals surface area contributed by atoms with Crippen molar-refractivity contribution in [3.8, 4) is 5.75 Å². The second-order valence-electron chi connectivity index (χ2n) is 8.98. The molecule has 35 heavy (non-hydrogen) atoms. The molecule has 0 spiro atoms. The van der Waals surface area contributed by atoms with Crippen molar-refractivity contribution < 1.29 is 19.7 Å². The molecule has 3 atom stereocenters. The van der Waals surface area contributed by atoms with Gasteiger partial charge in [-0.1, -0.05) is 0 Å². The highest BCUT2D eigenvalue weighted by Crippen LogP contribution is 2.35. The van der Waals surface area contributed by atoms with Crippen LogP contribution in [0.15, 0.2) is 54.1 Å². The minimum absolute atomic E-state index is 0.0757. The second kappa shape index (κ2) is 12.3. The molecule has 0 amide bonds. The van der Waals surface area contributed by atoms with Crippen molar-refractivity contribution in [2.24, 2.45) is 11.8 Å². The zero-order chi connectivity index (χ0) is 24.6. The van der Waals surface area contributed by atoms with Crippen LogP contribution in [0.5, 0.6) is 5.75 Å². The molecule has 8 nitrogen and oxygen atoms in total. The number of carboxylic acid groups (broad SMARTS) is 1. The fraction of sp³-hybridized carbons (Fsp3) is 0.462. The number of piperidine rings is 1. The van der Waals surface area contributed by atoms with Gasteiger partial charge in [0.1, 0.15) is 12.1 Å². The van der Waals surface area contributed by atoms with Gasteiger partial charge < -0.3 is 19.8 Å². The molecular formula is C26H32N4O4S. The van der Waals surface area contributed by atoms with E-state index in [9.17, 15) is 15.0 Å². The Bertz CT molecular complexity index is 1120. The van der Waals surface area contributed by atoms with Gasteiger partial charge in [0.25, 0.3) is 0 Å². The summed E-state index contributed by atoms with van der Waals surface area (Å²) in [6.07, 6.45) is 6.84. The van der Waals surface area contributed by atoms with Crippen LogP contribution in [-0.2, 0) is 4.79 Å². The lowest BCUT2D eigenvalue weighted by atomic mass is 9.79. The van der Waals surface area contributed by atoms with Crippen LogP contribution in [0.1, 0.15) is 37.4 Å². The molecule has 4 rings (SSSR count). The maximum Gasteiger partial charge on any atom is 0.303 e. The van der Waals surface area contributed by atoms with Crippen LogP contribution in [0.2, 0.25) is 0 Å². The Balaban J connectivity index is 1.35. The molecule has 186 valence electrons. The summed E-state index contributed by atoms with van der Waals surface area (Å²) in [6, 6.07) is 9.43. The minimum Gasteiger partial charge on any atom is -0.497 e. The number of benzene rings is 1. The molecule has 0 aliphatic carbocycles. The van der Waals surface area contributed by atoms with Gasteiger partial charge in [-0.15, -0.1) is 11.8 Å².